The van der Waals surface area contributed by atoms with Crippen LogP contribution >= 0.6 is 0 Å². The van der Waals surface area contributed by atoms with E-state index in [-0.39, 0.29) is 5.91 Å². The molecule has 1 amide bonds. The Morgan fingerprint density at radius 3 is 2.57 bits per heavy atom. The predicted octanol–water partition coefficient (Wildman–Crippen LogP) is 1.75. The molecule has 6 heteroatoms. The van der Waals surface area contributed by atoms with E-state index in [0.29, 0.717) is 25.7 Å². The summed E-state index contributed by atoms with van der Waals surface area (Å²) < 4.78 is 5.75. The van der Waals surface area contributed by atoms with Crippen molar-refractivity contribution in [1.29, 1.82) is 0 Å². The molecule has 2 saturated heterocycles. The van der Waals surface area contributed by atoms with E-state index in [0.717, 1.165) is 56.9 Å². The molecule has 0 aromatic heterocycles. The zero-order valence-electron chi connectivity index (χ0n) is 17.3. The Hall–Kier alpha value is -1.63. The third kappa shape index (κ3) is 5.93. The van der Waals surface area contributed by atoms with Crippen LogP contribution in [0.3, 0.4) is 0 Å². The van der Waals surface area contributed by atoms with Gasteiger partial charge in [-0.1, -0.05) is 18.2 Å². The summed E-state index contributed by atoms with van der Waals surface area (Å²) in [5.41, 5.74) is 1.08. The van der Waals surface area contributed by atoms with Crippen LogP contribution in [0.5, 0.6) is 5.75 Å². The second-order valence-electron chi connectivity index (χ2n) is 8.24. The predicted molar refractivity (Wildman–Crippen MR) is 111 cm³/mol. The molecule has 0 aliphatic carbocycles. The third-order valence-corrected chi connectivity index (χ3v) is 5.94. The van der Waals surface area contributed by atoms with Crippen LogP contribution in [0.25, 0.3) is 0 Å². The number of benzene rings is 1. The first-order valence-electron chi connectivity index (χ1n) is 10.6. The van der Waals surface area contributed by atoms with Gasteiger partial charge < -0.3 is 14.7 Å². The monoisotopic (exact) mass is 389 g/mol. The van der Waals surface area contributed by atoms with E-state index in [1.807, 2.05) is 31.2 Å². The molecule has 0 spiro atoms. The Morgan fingerprint density at radius 1 is 1.14 bits per heavy atom. The van der Waals surface area contributed by atoms with Crippen molar-refractivity contribution in [3.8, 4) is 5.75 Å². The number of hydrogen-bond acceptors (Lipinski definition) is 5. The van der Waals surface area contributed by atoms with Crippen LogP contribution in [0.15, 0.2) is 24.3 Å². The van der Waals surface area contributed by atoms with E-state index in [4.69, 9.17) is 4.74 Å². The number of hydrogen-bond donors (Lipinski definition) is 1. The summed E-state index contributed by atoms with van der Waals surface area (Å²) in [6.07, 6.45) is 2.98. The van der Waals surface area contributed by atoms with Crippen molar-refractivity contribution in [1.82, 2.24) is 14.7 Å². The number of para-hydroxylation sites is 1. The molecule has 2 unspecified atom stereocenters. The average Bonchev–Trinajstić information content (AvgIpc) is 2.69. The number of likely N-dealkylation sites (tertiary alicyclic amines) is 1. The van der Waals surface area contributed by atoms with Gasteiger partial charge in [0, 0.05) is 45.3 Å². The second kappa shape index (κ2) is 10.2. The summed E-state index contributed by atoms with van der Waals surface area (Å²) in [5.74, 6) is 1.10. The van der Waals surface area contributed by atoms with Crippen LogP contribution in [0, 0.1) is 6.92 Å². The van der Waals surface area contributed by atoms with Gasteiger partial charge in [-0.3, -0.25) is 14.6 Å². The highest BCUT2D eigenvalue weighted by molar-refractivity contribution is 5.78. The lowest BCUT2D eigenvalue weighted by Gasteiger charge is -2.38. The van der Waals surface area contributed by atoms with Crippen molar-refractivity contribution in [2.24, 2.45) is 0 Å². The third-order valence-electron chi connectivity index (χ3n) is 5.94. The first-order valence-corrected chi connectivity index (χ1v) is 10.6. The molecule has 6 nitrogen and oxygen atoms in total. The van der Waals surface area contributed by atoms with Gasteiger partial charge in [0.05, 0.1) is 6.54 Å². The number of aryl methyl sites for hydroxylation is 1. The van der Waals surface area contributed by atoms with Crippen molar-refractivity contribution in [3.05, 3.63) is 29.8 Å². The van der Waals surface area contributed by atoms with E-state index >= 15 is 0 Å². The summed E-state index contributed by atoms with van der Waals surface area (Å²) >= 11 is 0. The molecular weight excluding hydrogens is 354 g/mol. The lowest BCUT2D eigenvalue weighted by Crippen LogP contribution is -2.53. The van der Waals surface area contributed by atoms with Gasteiger partial charge in [0.2, 0.25) is 5.91 Å². The number of rotatable bonds is 7. The van der Waals surface area contributed by atoms with E-state index in [9.17, 15) is 9.90 Å². The molecule has 156 valence electrons. The van der Waals surface area contributed by atoms with Crippen LogP contribution < -0.4 is 4.74 Å². The number of nitrogens with zero attached hydrogens (tertiary/aromatic N) is 3. The van der Waals surface area contributed by atoms with Crippen LogP contribution in [0.4, 0.5) is 0 Å². The molecule has 2 atom stereocenters. The van der Waals surface area contributed by atoms with Crippen molar-refractivity contribution in [3.63, 3.8) is 0 Å². The summed E-state index contributed by atoms with van der Waals surface area (Å²) in [7, 11) is 0. The molecule has 0 radical (unpaired) electrons. The number of ether oxygens (including phenoxy) is 1. The van der Waals surface area contributed by atoms with Crippen LogP contribution in [-0.2, 0) is 4.79 Å². The Balaban J connectivity index is 1.35. The normalized spacial score (nSPS) is 22.8. The topological polar surface area (TPSA) is 56.3 Å². The average molecular weight is 390 g/mol. The van der Waals surface area contributed by atoms with Gasteiger partial charge in [-0.25, -0.2) is 0 Å². The molecule has 0 bridgehead atoms. The molecule has 2 heterocycles. The van der Waals surface area contributed by atoms with E-state index in [1.165, 1.54) is 6.42 Å². The molecule has 2 fully saturated rings. The van der Waals surface area contributed by atoms with Crippen LogP contribution in [0.2, 0.25) is 0 Å². The van der Waals surface area contributed by atoms with Gasteiger partial charge in [-0.2, -0.15) is 0 Å². The number of aliphatic hydroxyl groups excluding tert-OH is 1. The molecular formula is C22H35N3O3. The minimum Gasteiger partial charge on any atom is -0.491 e. The zero-order valence-corrected chi connectivity index (χ0v) is 17.3. The van der Waals surface area contributed by atoms with Crippen molar-refractivity contribution < 1.29 is 14.6 Å². The van der Waals surface area contributed by atoms with Gasteiger partial charge in [0.25, 0.3) is 0 Å². The summed E-state index contributed by atoms with van der Waals surface area (Å²) in [4.78, 5) is 19.2. The number of aliphatic hydroxyl groups is 1. The standard InChI is InChI=1S/C22H35N3O3/c1-18-7-3-4-9-21(18)28-17-20(26)15-23-11-13-24(14-12-23)16-22(27)25-10-6-5-8-19(25)2/h3-4,7,9,19-20,26H,5-6,8,10-17H2,1-2H3. The van der Waals surface area contributed by atoms with Gasteiger partial charge in [0.15, 0.2) is 0 Å². The maximum Gasteiger partial charge on any atom is 0.236 e. The van der Waals surface area contributed by atoms with E-state index in [1.54, 1.807) is 0 Å². The smallest absolute Gasteiger partial charge is 0.236 e. The molecule has 28 heavy (non-hydrogen) atoms. The fraction of sp³-hybridized carbons (Fsp3) is 0.682. The minimum absolute atomic E-state index is 0.271. The molecule has 0 saturated carbocycles. The van der Waals surface area contributed by atoms with E-state index < -0.39 is 6.10 Å². The summed E-state index contributed by atoms with van der Waals surface area (Å²) in [6.45, 7) is 10.0. The fourth-order valence-corrected chi connectivity index (χ4v) is 4.14. The number of piperidine rings is 1. The largest absolute Gasteiger partial charge is 0.491 e. The number of piperazine rings is 1. The van der Waals surface area contributed by atoms with Crippen LogP contribution in [-0.4, -0.2) is 90.3 Å². The van der Waals surface area contributed by atoms with Crippen molar-refractivity contribution in [2.45, 2.75) is 45.3 Å². The molecule has 1 aromatic rings. The SMILES string of the molecule is Cc1ccccc1OCC(O)CN1CCN(CC(=O)N2CCCCC2C)CC1. The molecule has 1 aromatic carbocycles. The quantitative estimate of drug-likeness (QED) is 0.770. The lowest BCUT2D eigenvalue weighted by molar-refractivity contribution is -0.136. The first-order chi connectivity index (χ1) is 13.5. The first kappa shape index (κ1) is 21.1. The van der Waals surface area contributed by atoms with E-state index in [2.05, 4.69) is 21.6 Å². The Morgan fingerprint density at radius 2 is 1.86 bits per heavy atom. The molecule has 2 aliphatic heterocycles. The zero-order chi connectivity index (χ0) is 19.9. The van der Waals surface area contributed by atoms with Gasteiger partial charge >= 0.3 is 0 Å². The molecule has 1 N–H and O–H groups in total. The summed E-state index contributed by atoms with van der Waals surface area (Å²) in [5, 5.41) is 10.3. The van der Waals surface area contributed by atoms with Crippen LogP contribution in [0.1, 0.15) is 31.7 Å². The number of carbonyl (C=O) groups excluding carboxylic acids is 1. The molecule has 3 rings (SSSR count). The summed E-state index contributed by atoms with van der Waals surface area (Å²) in [6, 6.07) is 8.24. The van der Waals surface area contributed by atoms with Gasteiger partial charge in [-0.15, -0.1) is 0 Å². The highest BCUT2D eigenvalue weighted by Gasteiger charge is 2.26. The van der Waals surface area contributed by atoms with Crippen molar-refractivity contribution in [2.75, 3.05) is 52.4 Å². The van der Waals surface area contributed by atoms with Gasteiger partial charge in [-0.05, 0) is 44.7 Å². The van der Waals surface area contributed by atoms with Crippen molar-refractivity contribution >= 4 is 5.91 Å². The Kier molecular flexibility index (Phi) is 7.71. The lowest BCUT2D eigenvalue weighted by atomic mass is 10.0. The highest BCUT2D eigenvalue weighted by atomic mass is 16.5. The highest BCUT2D eigenvalue weighted by Crippen LogP contribution is 2.18. The maximum atomic E-state index is 12.6. The second-order valence-corrected chi connectivity index (χ2v) is 8.24. The maximum absolute atomic E-state index is 12.6. The Labute approximate surface area is 169 Å². The number of carbonyl (C=O) groups is 1. The van der Waals surface area contributed by atoms with Gasteiger partial charge in [0.1, 0.15) is 18.5 Å². The number of β-amino-alcohol motifs (C(OH)–C–C–N with tert-alkyl or cyclic N) is 1. The number of amides is 1. The molecule has 2 aliphatic rings. The Bertz CT molecular complexity index is 631. The minimum atomic E-state index is -0.512. The fourth-order valence-electron chi connectivity index (χ4n) is 4.14.